The third-order valence-electron chi connectivity index (χ3n) is 2.75. The van der Waals surface area contributed by atoms with E-state index < -0.39 is 6.10 Å². The van der Waals surface area contributed by atoms with Gasteiger partial charge in [-0.15, -0.1) is 0 Å². The molecule has 1 atom stereocenters. The summed E-state index contributed by atoms with van der Waals surface area (Å²) in [4.78, 5) is 0. The molecule has 1 aromatic carbocycles. The zero-order valence-corrected chi connectivity index (χ0v) is 10.2. The van der Waals surface area contributed by atoms with Crippen LogP contribution in [-0.2, 0) is 0 Å². The van der Waals surface area contributed by atoms with Crippen molar-refractivity contribution in [1.29, 1.82) is 0 Å². The highest BCUT2D eigenvalue weighted by molar-refractivity contribution is 5.42. The molecule has 0 spiro atoms. The third-order valence-corrected chi connectivity index (χ3v) is 2.75. The van der Waals surface area contributed by atoms with Crippen molar-refractivity contribution >= 4 is 0 Å². The Bertz CT molecular complexity index is 514. The fourth-order valence-electron chi connectivity index (χ4n) is 1.85. The van der Waals surface area contributed by atoms with Crippen molar-refractivity contribution in [3.8, 4) is 5.75 Å². The number of hydrogen-bond donors (Lipinski definition) is 1. The van der Waals surface area contributed by atoms with Crippen LogP contribution >= 0.6 is 0 Å². The number of ether oxygens (including phenoxy) is 1. The average molecular weight is 232 g/mol. The van der Waals surface area contributed by atoms with Crippen molar-refractivity contribution in [2.24, 2.45) is 0 Å². The fourth-order valence-corrected chi connectivity index (χ4v) is 1.85. The first-order valence-corrected chi connectivity index (χ1v) is 5.49. The molecule has 0 saturated heterocycles. The van der Waals surface area contributed by atoms with E-state index in [0.29, 0.717) is 5.75 Å². The topological polar surface area (TPSA) is 42.6 Å². The lowest BCUT2D eigenvalue weighted by Gasteiger charge is -2.14. The molecule has 2 aromatic rings. The Morgan fingerprint density at radius 3 is 2.59 bits per heavy atom. The van der Waals surface area contributed by atoms with Gasteiger partial charge in [0, 0.05) is 11.1 Å². The van der Waals surface area contributed by atoms with Crippen LogP contribution in [0.1, 0.15) is 28.6 Å². The second kappa shape index (κ2) is 4.63. The SMILES string of the molecule is COc1ccc(C)cc1C(O)c1coc(C)c1. The smallest absolute Gasteiger partial charge is 0.125 e. The Morgan fingerprint density at radius 1 is 1.24 bits per heavy atom. The van der Waals surface area contributed by atoms with Crippen molar-refractivity contribution in [3.05, 3.63) is 53.0 Å². The molecule has 0 fully saturated rings. The minimum absolute atomic E-state index is 0.682. The summed E-state index contributed by atoms with van der Waals surface area (Å²) in [6, 6.07) is 7.56. The summed E-state index contributed by atoms with van der Waals surface area (Å²) in [5.74, 6) is 1.47. The maximum atomic E-state index is 10.3. The number of aliphatic hydroxyl groups excluding tert-OH is 1. The summed E-state index contributed by atoms with van der Waals surface area (Å²) in [6.07, 6.45) is 0.851. The monoisotopic (exact) mass is 232 g/mol. The summed E-state index contributed by atoms with van der Waals surface area (Å²) in [5, 5.41) is 10.3. The van der Waals surface area contributed by atoms with Gasteiger partial charge in [0.1, 0.15) is 17.6 Å². The van der Waals surface area contributed by atoms with Gasteiger partial charge in [-0.3, -0.25) is 0 Å². The lowest BCUT2D eigenvalue weighted by atomic mass is 10.0. The van der Waals surface area contributed by atoms with Crippen LogP contribution in [-0.4, -0.2) is 12.2 Å². The summed E-state index contributed by atoms with van der Waals surface area (Å²) < 4.78 is 10.5. The molecule has 3 heteroatoms. The van der Waals surface area contributed by atoms with Gasteiger partial charge < -0.3 is 14.3 Å². The highest BCUT2D eigenvalue weighted by Crippen LogP contribution is 2.31. The molecular weight excluding hydrogens is 216 g/mol. The normalized spacial score (nSPS) is 12.5. The molecule has 0 radical (unpaired) electrons. The molecule has 0 aliphatic heterocycles. The minimum Gasteiger partial charge on any atom is -0.496 e. The second-order valence-corrected chi connectivity index (χ2v) is 4.14. The van der Waals surface area contributed by atoms with E-state index in [2.05, 4.69) is 0 Å². The van der Waals surface area contributed by atoms with E-state index in [0.717, 1.165) is 22.5 Å². The Morgan fingerprint density at radius 2 is 2.00 bits per heavy atom. The lowest BCUT2D eigenvalue weighted by Crippen LogP contribution is -2.01. The molecule has 1 aromatic heterocycles. The van der Waals surface area contributed by atoms with Crippen LogP contribution in [0.5, 0.6) is 5.75 Å². The van der Waals surface area contributed by atoms with Crippen molar-refractivity contribution in [1.82, 2.24) is 0 Å². The molecule has 1 unspecified atom stereocenters. The van der Waals surface area contributed by atoms with Gasteiger partial charge in [0.2, 0.25) is 0 Å². The summed E-state index contributed by atoms with van der Waals surface area (Å²) >= 11 is 0. The number of aliphatic hydroxyl groups is 1. The van der Waals surface area contributed by atoms with E-state index in [1.54, 1.807) is 13.4 Å². The van der Waals surface area contributed by atoms with E-state index >= 15 is 0 Å². The Hall–Kier alpha value is -1.74. The first-order chi connectivity index (χ1) is 8.11. The molecule has 1 heterocycles. The van der Waals surface area contributed by atoms with E-state index in [1.807, 2.05) is 38.1 Å². The number of rotatable bonds is 3. The predicted molar refractivity (Wildman–Crippen MR) is 65.2 cm³/mol. The van der Waals surface area contributed by atoms with Gasteiger partial charge in [-0.1, -0.05) is 11.6 Å². The first-order valence-electron chi connectivity index (χ1n) is 5.49. The molecule has 1 N–H and O–H groups in total. The van der Waals surface area contributed by atoms with Crippen molar-refractivity contribution in [3.63, 3.8) is 0 Å². The minimum atomic E-state index is -0.720. The maximum absolute atomic E-state index is 10.3. The zero-order valence-electron chi connectivity index (χ0n) is 10.2. The maximum Gasteiger partial charge on any atom is 0.125 e. The Labute approximate surface area is 101 Å². The number of benzene rings is 1. The zero-order chi connectivity index (χ0) is 12.4. The van der Waals surface area contributed by atoms with Crippen molar-refractivity contribution in [2.45, 2.75) is 20.0 Å². The highest BCUT2D eigenvalue weighted by Gasteiger charge is 2.17. The highest BCUT2D eigenvalue weighted by atomic mass is 16.5. The average Bonchev–Trinajstić information content (AvgIpc) is 2.75. The van der Waals surface area contributed by atoms with Crippen LogP contribution in [0.3, 0.4) is 0 Å². The lowest BCUT2D eigenvalue weighted by molar-refractivity contribution is 0.213. The number of methoxy groups -OCH3 is 1. The molecular formula is C14H16O3. The van der Waals surface area contributed by atoms with Crippen LogP contribution < -0.4 is 4.74 Å². The van der Waals surface area contributed by atoms with E-state index in [9.17, 15) is 5.11 Å². The van der Waals surface area contributed by atoms with Gasteiger partial charge in [-0.2, -0.15) is 0 Å². The quantitative estimate of drug-likeness (QED) is 0.884. The second-order valence-electron chi connectivity index (χ2n) is 4.14. The first kappa shape index (κ1) is 11.7. The van der Waals surface area contributed by atoms with Gasteiger partial charge in [0.25, 0.3) is 0 Å². The molecule has 2 rings (SSSR count). The number of hydrogen-bond acceptors (Lipinski definition) is 3. The molecule has 90 valence electrons. The largest absolute Gasteiger partial charge is 0.496 e. The molecule has 3 nitrogen and oxygen atoms in total. The molecule has 0 bridgehead atoms. The summed E-state index contributed by atoms with van der Waals surface area (Å²) in [5.41, 5.74) is 2.58. The summed E-state index contributed by atoms with van der Waals surface area (Å²) in [7, 11) is 1.60. The van der Waals surface area contributed by atoms with Gasteiger partial charge in [-0.05, 0) is 32.0 Å². The molecule has 0 amide bonds. The van der Waals surface area contributed by atoms with Crippen molar-refractivity contribution in [2.75, 3.05) is 7.11 Å². The van der Waals surface area contributed by atoms with Gasteiger partial charge in [-0.25, -0.2) is 0 Å². The number of furan rings is 1. The van der Waals surface area contributed by atoms with E-state index in [-0.39, 0.29) is 0 Å². The standard InChI is InChI=1S/C14H16O3/c1-9-4-5-13(16-3)12(6-9)14(15)11-7-10(2)17-8-11/h4-8,14-15H,1-3H3. The fraction of sp³-hybridized carbons (Fsp3) is 0.286. The van der Waals surface area contributed by atoms with Crippen LogP contribution in [0.25, 0.3) is 0 Å². The molecule has 0 aliphatic carbocycles. The van der Waals surface area contributed by atoms with Gasteiger partial charge in [0.05, 0.1) is 13.4 Å². The third kappa shape index (κ3) is 2.34. The van der Waals surface area contributed by atoms with E-state index in [1.165, 1.54) is 0 Å². The number of aryl methyl sites for hydroxylation is 2. The van der Waals surface area contributed by atoms with E-state index in [4.69, 9.17) is 9.15 Å². The van der Waals surface area contributed by atoms with Gasteiger partial charge >= 0.3 is 0 Å². The van der Waals surface area contributed by atoms with Crippen LogP contribution in [0, 0.1) is 13.8 Å². The van der Waals surface area contributed by atoms with Gasteiger partial charge in [0.15, 0.2) is 0 Å². The Balaban J connectivity index is 2.42. The summed E-state index contributed by atoms with van der Waals surface area (Å²) in [6.45, 7) is 3.83. The molecule has 17 heavy (non-hydrogen) atoms. The Kier molecular flexibility index (Phi) is 3.20. The van der Waals surface area contributed by atoms with Crippen molar-refractivity contribution < 1.29 is 14.3 Å². The van der Waals surface area contributed by atoms with Crippen LogP contribution in [0.2, 0.25) is 0 Å². The van der Waals surface area contributed by atoms with Crippen LogP contribution in [0.4, 0.5) is 0 Å². The van der Waals surface area contributed by atoms with Crippen LogP contribution in [0.15, 0.2) is 34.9 Å². The predicted octanol–water partition coefficient (Wildman–Crippen LogP) is 2.99. The molecule has 0 saturated carbocycles. The molecule has 0 aliphatic rings.